The third kappa shape index (κ3) is 4.88. The largest absolute Gasteiger partial charge is 0.435 e. The van der Waals surface area contributed by atoms with E-state index in [0.29, 0.717) is 36.8 Å². The van der Waals surface area contributed by atoms with Crippen molar-refractivity contribution in [3.8, 4) is 16.9 Å². The van der Waals surface area contributed by atoms with Crippen molar-refractivity contribution in [2.45, 2.75) is 26.0 Å². The Morgan fingerprint density at radius 1 is 1.16 bits per heavy atom. The van der Waals surface area contributed by atoms with Gasteiger partial charge in [0.25, 0.3) is 0 Å². The predicted molar refractivity (Wildman–Crippen MR) is 112 cm³/mol. The van der Waals surface area contributed by atoms with E-state index in [2.05, 4.69) is 30.2 Å². The fraction of sp³-hybridized carbons (Fsp3) is 0.333. The van der Waals surface area contributed by atoms with E-state index in [-0.39, 0.29) is 22.9 Å². The summed E-state index contributed by atoms with van der Waals surface area (Å²) in [6.07, 6.45) is 2.61. The zero-order valence-corrected chi connectivity index (χ0v) is 17.4. The van der Waals surface area contributed by atoms with Crippen molar-refractivity contribution in [1.82, 2.24) is 20.2 Å². The molecule has 1 aromatic carbocycles. The summed E-state index contributed by atoms with van der Waals surface area (Å²) in [5.74, 6) is 0.0109. The number of halogens is 3. The van der Waals surface area contributed by atoms with Crippen LogP contribution in [0, 0.1) is 5.82 Å². The Morgan fingerprint density at radius 2 is 1.94 bits per heavy atom. The summed E-state index contributed by atoms with van der Waals surface area (Å²) in [5, 5.41) is 10.8. The number of benzene rings is 1. The Kier molecular flexibility index (Phi) is 6.08. The van der Waals surface area contributed by atoms with Crippen LogP contribution in [0.2, 0.25) is 0 Å². The second-order valence-corrected chi connectivity index (χ2v) is 7.74. The molecule has 1 aliphatic rings. The van der Waals surface area contributed by atoms with Gasteiger partial charge in [-0.05, 0) is 37.6 Å². The molecule has 168 valence electrons. The van der Waals surface area contributed by atoms with Crippen LogP contribution in [0.15, 0.2) is 42.7 Å². The van der Waals surface area contributed by atoms with Gasteiger partial charge in [-0.3, -0.25) is 0 Å². The Bertz CT molecular complexity index is 1080. The molecule has 2 aromatic heterocycles. The van der Waals surface area contributed by atoms with Gasteiger partial charge < -0.3 is 19.7 Å². The molecule has 0 saturated carbocycles. The minimum atomic E-state index is -2.89. The average molecular weight is 446 g/mol. The van der Waals surface area contributed by atoms with Gasteiger partial charge in [-0.15, -0.1) is 5.10 Å². The molecule has 3 aromatic rings. The zero-order chi connectivity index (χ0) is 22.7. The minimum absolute atomic E-state index is 0.0376. The van der Waals surface area contributed by atoms with Gasteiger partial charge in [-0.1, -0.05) is 12.1 Å². The number of morpholine rings is 1. The molecule has 0 atom stereocenters. The third-order valence-corrected chi connectivity index (χ3v) is 4.93. The molecule has 0 radical (unpaired) electrons. The highest BCUT2D eigenvalue weighted by atomic mass is 19.3. The molecule has 1 fully saturated rings. The second-order valence-electron chi connectivity index (χ2n) is 7.74. The van der Waals surface area contributed by atoms with Crippen molar-refractivity contribution in [2.75, 3.05) is 30.0 Å². The van der Waals surface area contributed by atoms with Crippen LogP contribution < -0.4 is 15.0 Å². The highest BCUT2D eigenvalue weighted by molar-refractivity contribution is 5.67. The van der Waals surface area contributed by atoms with Crippen LogP contribution in [0.5, 0.6) is 5.75 Å². The molecule has 3 heterocycles. The summed E-state index contributed by atoms with van der Waals surface area (Å²) >= 11 is 0. The van der Waals surface area contributed by atoms with Crippen molar-refractivity contribution < 1.29 is 22.6 Å². The number of nitrogens with zero attached hydrogens (tertiary/aromatic N) is 5. The van der Waals surface area contributed by atoms with Crippen LogP contribution >= 0.6 is 0 Å². The molecule has 0 amide bonds. The first kappa shape index (κ1) is 21.8. The summed E-state index contributed by atoms with van der Waals surface area (Å²) in [5.41, 5.74) is 1.01. The molecular formula is C21H21F3N6O2. The lowest BCUT2D eigenvalue weighted by atomic mass is 10.0. The molecule has 0 bridgehead atoms. The quantitative estimate of drug-likeness (QED) is 0.608. The van der Waals surface area contributed by atoms with Crippen molar-refractivity contribution in [3.05, 3.63) is 48.5 Å². The van der Waals surface area contributed by atoms with E-state index >= 15 is 0 Å². The molecule has 4 rings (SSSR count). The number of hydrogen-bond acceptors (Lipinski definition) is 8. The van der Waals surface area contributed by atoms with Crippen LogP contribution in [-0.2, 0) is 4.74 Å². The first-order valence-electron chi connectivity index (χ1n) is 9.85. The SMILES string of the molecule is CC1(C)COCCN1c1ncc(F)c(Nc2cc(-c3ccc(OC(F)F)cc3)cnn2)n1. The van der Waals surface area contributed by atoms with Gasteiger partial charge in [0.15, 0.2) is 17.5 Å². The summed E-state index contributed by atoms with van der Waals surface area (Å²) < 4.78 is 49.0. The van der Waals surface area contributed by atoms with Crippen LogP contribution in [-0.4, -0.2) is 52.1 Å². The van der Waals surface area contributed by atoms with E-state index in [0.717, 1.165) is 6.20 Å². The van der Waals surface area contributed by atoms with Gasteiger partial charge in [0.2, 0.25) is 5.95 Å². The number of rotatable bonds is 6. The maximum Gasteiger partial charge on any atom is 0.387 e. The van der Waals surface area contributed by atoms with Crippen LogP contribution in [0.3, 0.4) is 0 Å². The molecule has 0 aliphatic carbocycles. The van der Waals surface area contributed by atoms with Crippen LogP contribution in [0.1, 0.15) is 13.8 Å². The Hall–Kier alpha value is -3.47. The Morgan fingerprint density at radius 3 is 2.66 bits per heavy atom. The average Bonchev–Trinajstić information content (AvgIpc) is 2.75. The first-order chi connectivity index (χ1) is 15.3. The minimum Gasteiger partial charge on any atom is -0.435 e. The van der Waals surface area contributed by atoms with Gasteiger partial charge in [-0.2, -0.15) is 18.9 Å². The van der Waals surface area contributed by atoms with Gasteiger partial charge in [0.1, 0.15) is 5.75 Å². The van der Waals surface area contributed by atoms with Crippen molar-refractivity contribution in [2.24, 2.45) is 0 Å². The molecule has 11 heteroatoms. The zero-order valence-electron chi connectivity index (χ0n) is 17.4. The lowest BCUT2D eigenvalue weighted by Gasteiger charge is -2.42. The molecule has 8 nitrogen and oxygen atoms in total. The summed E-state index contributed by atoms with van der Waals surface area (Å²) in [4.78, 5) is 10.4. The maximum absolute atomic E-state index is 14.4. The van der Waals surface area contributed by atoms with Gasteiger partial charge >= 0.3 is 6.61 Å². The van der Waals surface area contributed by atoms with E-state index in [1.54, 1.807) is 18.2 Å². The highest BCUT2D eigenvalue weighted by Crippen LogP contribution is 2.28. The van der Waals surface area contributed by atoms with Gasteiger partial charge in [0.05, 0.1) is 31.1 Å². The molecule has 32 heavy (non-hydrogen) atoms. The van der Waals surface area contributed by atoms with E-state index in [9.17, 15) is 13.2 Å². The highest BCUT2D eigenvalue weighted by Gasteiger charge is 2.32. The number of nitrogens with one attached hydrogen (secondary N) is 1. The first-order valence-corrected chi connectivity index (χ1v) is 9.85. The van der Waals surface area contributed by atoms with Crippen LogP contribution in [0.4, 0.5) is 30.8 Å². The standard InChI is InChI=1S/C21H21F3N6O2/c1-21(2)12-31-8-7-30(21)20-25-11-16(22)18(28-20)27-17-9-14(10-26-29-17)13-3-5-15(6-4-13)32-19(23)24/h3-6,9-11,19H,7-8,12H2,1-2H3,(H,25,27,28,29). The van der Waals surface area contributed by atoms with E-state index in [1.165, 1.54) is 18.3 Å². The van der Waals surface area contributed by atoms with Gasteiger partial charge in [0, 0.05) is 12.1 Å². The number of ether oxygens (including phenoxy) is 2. The van der Waals surface area contributed by atoms with Crippen LogP contribution in [0.25, 0.3) is 11.1 Å². The van der Waals surface area contributed by atoms with E-state index < -0.39 is 12.4 Å². The monoisotopic (exact) mass is 446 g/mol. The molecule has 1 aliphatic heterocycles. The number of aromatic nitrogens is 4. The fourth-order valence-corrected chi connectivity index (χ4v) is 3.34. The summed E-state index contributed by atoms with van der Waals surface area (Å²) in [6.45, 7) is 2.72. The summed E-state index contributed by atoms with van der Waals surface area (Å²) in [7, 11) is 0. The molecule has 1 saturated heterocycles. The van der Waals surface area contributed by atoms with Crippen molar-refractivity contribution in [3.63, 3.8) is 0 Å². The third-order valence-electron chi connectivity index (χ3n) is 4.93. The fourth-order valence-electron chi connectivity index (χ4n) is 3.34. The predicted octanol–water partition coefficient (Wildman–Crippen LogP) is 4.03. The lowest BCUT2D eigenvalue weighted by Crippen LogP contribution is -2.53. The van der Waals surface area contributed by atoms with E-state index in [1.807, 2.05) is 18.7 Å². The smallest absolute Gasteiger partial charge is 0.387 e. The van der Waals surface area contributed by atoms with Gasteiger partial charge in [-0.25, -0.2) is 9.37 Å². The molecule has 0 unspecified atom stereocenters. The normalized spacial score (nSPS) is 15.6. The second kappa shape index (κ2) is 8.95. The van der Waals surface area contributed by atoms with Crippen molar-refractivity contribution in [1.29, 1.82) is 0 Å². The Labute approximate surface area is 182 Å². The molecular weight excluding hydrogens is 425 g/mol. The van der Waals surface area contributed by atoms with Crippen molar-refractivity contribution >= 4 is 17.6 Å². The lowest BCUT2D eigenvalue weighted by molar-refractivity contribution is -0.0498. The topological polar surface area (TPSA) is 85.3 Å². The number of anilines is 3. The summed E-state index contributed by atoms with van der Waals surface area (Å²) in [6, 6.07) is 7.73. The number of hydrogen-bond donors (Lipinski definition) is 1. The Balaban J connectivity index is 1.56. The molecule has 0 spiro atoms. The number of alkyl halides is 2. The van der Waals surface area contributed by atoms with E-state index in [4.69, 9.17) is 4.74 Å². The maximum atomic E-state index is 14.4. The molecule has 1 N–H and O–H groups in total.